The molecule has 2 rings (SSSR count). The van der Waals surface area contributed by atoms with Gasteiger partial charge in [-0.25, -0.2) is 4.99 Å². The van der Waals surface area contributed by atoms with Crippen molar-refractivity contribution < 1.29 is 4.79 Å². The lowest BCUT2D eigenvalue weighted by Gasteiger charge is -2.32. The van der Waals surface area contributed by atoms with Gasteiger partial charge in [0.25, 0.3) is 0 Å². The number of carbonyl (C=O) groups excluding carboxylic acids is 1. The van der Waals surface area contributed by atoms with Crippen LogP contribution in [-0.4, -0.2) is 49.0 Å². The number of rotatable bonds is 7. The van der Waals surface area contributed by atoms with Crippen LogP contribution in [0.25, 0.3) is 0 Å². The minimum absolute atomic E-state index is 0.254. The molecular formula is C19H31N5O. The van der Waals surface area contributed by atoms with Crippen molar-refractivity contribution >= 4 is 11.9 Å². The predicted octanol–water partition coefficient (Wildman–Crippen LogP) is 1.25. The molecule has 1 saturated heterocycles. The lowest BCUT2D eigenvalue weighted by atomic mass is 10.1. The number of benzene rings is 1. The Kier molecular flexibility index (Phi) is 7.73. The van der Waals surface area contributed by atoms with E-state index in [-0.39, 0.29) is 5.91 Å². The van der Waals surface area contributed by atoms with Crippen LogP contribution >= 0.6 is 0 Å². The van der Waals surface area contributed by atoms with Gasteiger partial charge in [0.1, 0.15) is 0 Å². The molecule has 0 aromatic heterocycles. The molecule has 1 fully saturated rings. The average molecular weight is 345 g/mol. The van der Waals surface area contributed by atoms with Crippen molar-refractivity contribution in [1.82, 2.24) is 15.5 Å². The number of hydrogen-bond acceptors (Lipinski definition) is 3. The first-order valence-electron chi connectivity index (χ1n) is 9.24. The summed E-state index contributed by atoms with van der Waals surface area (Å²) in [6.07, 6.45) is 3.00. The van der Waals surface area contributed by atoms with E-state index in [0.29, 0.717) is 19.1 Å². The van der Waals surface area contributed by atoms with Gasteiger partial charge in [-0.15, -0.1) is 0 Å². The molecule has 1 amide bonds. The van der Waals surface area contributed by atoms with Gasteiger partial charge in [-0.05, 0) is 37.3 Å². The zero-order valence-electron chi connectivity index (χ0n) is 15.4. The Morgan fingerprint density at radius 3 is 2.52 bits per heavy atom. The van der Waals surface area contributed by atoms with Gasteiger partial charge in [-0.1, -0.05) is 31.2 Å². The summed E-state index contributed by atoms with van der Waals surface area (Å²) in [5, 5.41) is 6.87. The molecule has 0 saturated carbocycles. The zero-order valence-corrected chi connectivity index (χ0v) is 15.4. The van der Waals surface area contributed by atoms with Crippen molar-refractivity contribution in [2.45, 2.75) is 45.7 Å². The standard InChI is InChI=1S/C19H31N5O/c1-3-15-7-5-6-8-16(15)13-22-19(21-4-2)23-17-9-11-24(12-10-17)14-18(20)25/h5-8,17H,3-4,9-14H2,1-2H3,(H2,20,25)(H2,21,22,23). The van der Waals surface area contributed by atoms with Gasteiger partial charge < -0.3 is 16.4 Å². The van der Waals surface area contributed by atoms with Crippen molar-refractivity contribution in [2.75, 3.05) is 26.2 Å². The number of nitrogens with two attached hydrogens (primary N) is 1. The average Bonchev–Trinajstić information content (AvgIpc) is 2.61. The summed E-state index contributed by atoms with van der Waals surface area (Å²) in [4.78, 5) is 17.9. The van der Waals surface area contributed by atoms with Crippen LogP contribution in [0.2, 0.25) is 0 Å². The van der Waals surface area contributed by atoms with Crippen LogP contribution < -0.4 is 16.4 Å². The van der Waals surface area contributed by atoms with E-state index in [1.54, 1.807) is 0 Å². The summed E-state index contributed by atoms with van der Waals surface area (Å²) < 4.78 is 0. The van der Waals surface area contributed by atoms with E-state index in [2.05, 4.69) is 53.6 Å². The van der Waals surface area contributed by atoms with Gasteiger partial charge in [-0.3, -0.25) is 9.69 Å². The molecule has 0 bridgehead atoms. The number of amides is 1. The normalized spacial score (nSPS) is 16.6. The van der Waals surface area contributed by atoms with Crippen molar-refractivity contribution in [1.29, 1.82) is 0 Å². The van der Waals surface area contributed by atoms with E-state index in [1.807, 2.05) is 0 Å². The number of aliphatic imine (C=N–C) groups is 1. The second-order valence-corrected chi connectivity index (χ2v) is 6.48. The Morgan fingerprint density at radius 2 is 1.92 bits per heavy atom. The maximum atomic E-state index is 11.0. The number of primary amides is 1. The molecule has 0 spiro atoms. The fraction of sp³-hybridized carbons (Fsp3) is 0.579. The Hall–Kier alpha value is -2.08. The molecule has 1 aromatic carbocycles. The van der Waals surface area contributed by atoms with Gasteiger partial charge in [0.05, 0.1) is 13.1 Å². The molecule has 1 aromatic rings. The molecule has 0 radical (unpaired) electrons. The summed E-state index contributed by atoms with van der Waals surface area (Å²) >= 11 is 0. The highest BCUT2D eigenvalue weighted by atomic mass is 16.1. The Balaban J connectivity index is 1.91. The number of piperidine rings is 1. The highest BCUT2D eigenvalue weighted by molar-refractivity contribution is 5.80. The molecule has 0 aliphatic carbocycles. The van der Waals surface area contributed by atoms with E-state index in [0.717, 1.165) is 44.9 Å². The van der Waals surface area contributed by atoms with Crippen molar-refractivity contribution in [2.24, 2.45) is 10.7 Å². The lowest BCUT2D eigenvalue weighted by Crippen LogP contribution is -2.49. The summed E-state index contributed by atoms with van der Waals surface area (Å²) in [6, 6.07) is 8.84. The van der Waals surface area contributed by atoms with Gasteiger partial charge >= 0.3 is 0 Å². The van der Waals surface area contributed by atoms with Crippen LogP contribution in [0.15, 0.2) is 29.3 Å². The number of nitrogens with one attached hydrogen (secondary N) is 2. The third-order valence-electron chi connectivity index (χ3n) is 4.56. The predicted molar refractivity (Wildman–Crippen MR) is 102 cm³/mol. The SMILES string of the molecule is CCNC(=NCc1ccccc1CC)NC1CCN(CC(N)=O)CC1. The maximum absolute atomic E-state index is 11.0. The number of carbonyl (C=O) groups is 1. The fourth-order valence-electron chi connectivity index (χ4n) is 3.19. The first-order chi connectivity index (χ1) is 12.1. The number of likely N-dealkylation sites (tertiary alicyclic amines) is 1. The minimum Gasteiger partial charge on any atom is -0.369 e. The molecule has 25 heavy (non-hydrogen) atoms. The van der Waals surface area contributed by atoms with Crippen LogP contribution in [0.5, 0.6) is 0 Å². The van der Waals surface area contributed by atoms with Crippen LogP contribution in [0.3, 0.4) is 0 Å². The molecule has 0 unspecified atom stereocenters. The molecule has 6 nitrogen and oxygen atoms in total. The second kappa shape index (κ2) is 10.0. The molecule has 0 atom stereocenters. The van der Waals surface area contributed by atoms with Gasteiger partial charge in [0.15, 0.2) is 5.96 Å². The highest BCUT2D eigenvalue weighted by Gasteiger charge is 2.20. The third-order valence-corrected chi connectivity index (χ3v) is 4.56. The number of nitrogens with zero attached hydrogens (tertiary/aromatic N) is 2. The molecule has 1 aliphatic heterocycles. The van der Waals surface area contributed by atoms with Crippen LogP contribution in [0, 0.1) is 0 Å². The number of guanidine groups is 1. The summed E-state index contributed by atoms with van der Waals surface area (Å²) in [5.74, 6) is 0.609. The fourth-order valence-corrected chi connectivity index (χ4v) is 3.19. The smallest absolute Gasteiger partial charge is 0.231 e. The Morgan fingerprint density at radius 1 is 1.24 bits per heavy atom. The van der Waals surface area contributed by atoms with E-state index >= 15 is 0 Å². The lowest BCUT2D eigenvalue weighted by molar-refractivity contribution is -0.119. The van der Waals surface area contributed by atoms with Gasteiger partial charge in [0, 0.05) is 25.7 Å². The van der Waals surface area contributed by atoms with E-state index in [9.17, 15) is 4.79 Å². The summed E-state index contributed by atoms with van der Waals surface area (Å²) in [7, 11) is 0. The van der Waals surface area contributed by atoms with Crippen LogP contribution in [0.4, 0.5) is 0 Å². The summed E-state index contributed by atoms with van der Waals surface area (Å²) in [5.41, 5.74) is 7.90. The molecule has 6 heteroatoms. The highest BCUT2D eigenvalue weighted by Crippen LogP contribution is 2.12. The van der Waals surface area contributed by atoms with Gasteiger partial charge in [-0.2, -0.15) is 0 Å². The monoisotopic (exact) mass is 345 g/mol. The Bertz CT molecular complexity index is 579. The first kappa shape index (κ1) is 19.2. The quantitative estimate of drug-likeness (QED) is 0.513. The largest absolute Gasteiger partial charge is 0.369 e. The van der Waals surface area contributed by atoms with Crippen LogP contribution in [-0.2, 0) is 17.8 Å². The minimum atomic E-state index is -0.254. The molecule has 138 valence electrons. The topological polar surface area (TPSA) is 82.8 Å². The van der Waals surface area contributed by atoms with Gasteiger partial charge in [0.2, 0.25) is 5.91 Å². The second-order valence-electron chi connectivity index (χ2n) is 6.48. The number of aryl methyl sites for hydroxylation is 1. The van der Waals surface area contributed by atoms with E-state index in [1.165, 1.54) is 11.1 Å². The van der Waals surface area contributed by atoms with Crippen LogP contribution in [0.1, 0.15) is 37.8 Å². The molecule has 1 heterocycles. The third kappa shape index (κ3) is 6.38. The maximum Gasteiger partial charge on any atom is 0.231 e. The molecule has 4 N–H and O–H groups in total. The van der Waals surface area contributed by atoms with Crippen molar-refractivity contribution in [3.05, 3.63) is 35.4 Å². The van der Waals surface area contributed by atoms with E-state index < -0.39 is 0 Å². The Labute approximate surface area is 150 Å². The van der Waals surface area contributed by atoms with Crippen molar-refractivity contribution in [3.63, 3.8) is 0 Å². The van der Waals surface area contributed by atoms with E-state index in [4.69, 9.17) is 10.7 Å². The zero-order chi connectivity index (χ0) is 18.1. The molecular weight excluding hydrogens is 314 g/mol. The molecule has 1 aliphatic rings. The summed E-state index contributed by atoms with van der Waals surface area (Å²) in [6.45, 7) is 7.90. The number of hydrogen-bond donors (Lipinski definition) is 3. The van der Waals surface area contributed by atoms with Crippen molar-refractivity contribution in [3.8, 4) is 0 Å². The first-order valence-corrected chi connectivity index (χ1v) is 9.24.